The number of hydrogen-bond donors (Lipinski definition) is 1. The van der Waals surface area contributed by atoms with E-state index in [-0.39, 0.29) is 0 Å². The van der Waals surface area contributed by atoms with Gasteiger partial charge in [0.1, 0.15) is 0 Å². The predicted octanol–water partition coefficient (Wildman–Crippen LogP) is 2.68. The lowest BCUT2D eigenvalue weighted by molar-refractivity contribution is 0.429. The second-order valence-electron chi connectivity index (χ2n) is 3.55. The summed E-state index contributed by atoms with van der Waals surface area (Å²) in [5.74, 6) is 1.48. The average molecular weight is 214 g/mol. The van der Waals surface area contributed by atoms with Gasteiger partial charge >= 0.3 is 0 Å². The zero-order valence-corrected chi connectivity index (χ0v) is 9.23. The van der Waals surface area contributed by atoms with Gasteiger partial charge < -0.3 is 15.4 Å². The fourth-order valence-electron chi connectivity index (χ4n) is 1.73. The Balaban J connectivity index is 2.57. The number of hydrogen-bond acceptors (Lipinski definition) is 3. The molecule has 0 aromatic heterocycles. The maximum absolute atomic E-state index is 5.75. The van der Waals surface area contributed by atoms with E-state index in [1.807, 2.05) is 30.1 Å². The number of anilines is 2. The van der Waals surface area contributed by atoms with Gasteiger partial charge in [-0.2, -0.15) is 0 Å². The van der Waals surface area contributed by atoms with Gasteiger partial charge in [0.05, 0.1) is 11.4 Å². The summed E-state index contributed by atoms with van der Waals surface area (Å²) in [6.45, 7) is 7.50. The van der Waals surface area contributed by atoms with Crippen molar-refractivity contribution in [3.05, 3.63) is 55.0 Å². The molecule has 0 aliphatic carbocycles. The van der Waals surface area contributed by atoms with E-state index in [4.69, 9.17) is 10.5 Å². The highest BCUT2D eigenvalue weighted by molar-refractivity contribution is 5.71. The fourth-order valence-corrected chi connectivity index (χ4v) is 1.73. The van der Waals surface area contributed by atoms with E-state index in [0.717, 1.165) is 17.1 Å². The molecule has 0 atom stereocenters. The van der Waals surface area contributed by atoms with Gasteiger partial charge in [-0.1, -0.05) is 13.2 Å². The number of benzene rings is 1. The van der Waals surface area contributed by atoms with Gasteiger partial charge in [0.15, 0.2) is 11.5 Å². The van der Waals surface area contributed by atoms with Crippen LogP contribution < -0.4 is 15.4 Å². The Bertz CT molecular complexity index is 489. The molecule has 3 heteroatoms. The highest BCUT2D eigenvalue weighted by Crippen LogP contribution is 2.38. The predicted molar refractivity (Wildman–Crippen MR) is 67.3 cm³/mol. The van der Waals surface area contributed by atoms with E-state index < -0.39 is 0 Å². The summed E-state index contributed by atoms with van der Waals surface area (Å²) >= 11 is 0. The van der Waals surface area contributed by atoms with Crippen LogP contribution in [0.5, 0.6) is 5.75 Å². The van der Waals surface area contributed by atoms with E-state index in [1.165, 1.54) is 0 Å². The van der Waals surface area contributed by atoms with Crippen LogP contribution in [-0.2, 0) is 0 Å². The fraction of sp³-hybridized carbons (Fsp3) is 0.0769. The topological polar surface area (TPSA) is 38.5 Å². The second-order valence-corrected chi connectivity index (χ2v) is 3.55. The van der Waals surface area contributed by atoms with Crippen molar-refractivity contribution in [2.45, 2.75) is 0 Å². The van der Waals surface area contributed by atoms with Crippen molar-refractivity contribution in [3.63, 3.8) is 0 Å². The molecule has 0 unspecified atom stereocenters. The molecule has 0 saturated carbocycles. The van der Waals surface area contributed by atoms with Gasteiger partial charge in [0.2, 0.25) is 0 Å². The largest absolute Gasteiger partial charge is 0.453 e. The first-order valence-corrected chi connectivity index (χ1v) is 4.97. The molecule has 0 spiro atoms. The smallest absolute Gasteiger partial charge is 0.151 e. The number of nitrogens with zero attached hydrogens (tertiary/aromatic N) is 1. The van der Waals surface area contributed by atoms with Gasteiger partial charge in [-0.3, -0.25) is 0 Å². The average Bonchev–Trinajstić information content (AvgIpc) is 2.29. The SMILES string of the molecule is C=CC1=C(C=C)N(C)c2cc(N)ccc2O1. The van der Waals surface area contributed by atoms with Crippen LogP contribution in [-0.4, -0.2) is 7.05 Å². The number of rotatable bonds is 2. The van der Waals surface area contributed by atoms with Gasteiger partial charge in [0, 0.05) is 12.7 Å². The van der Waals surface area contributed by atoms with E-state index >= 15 is 0 Å². The lowest BCUT2D eigenvalue weighted by Crippen LogP contribution is -2.23. The van der Waals surface area contributed by atoms with E-state index in [2.05, 4.69) is 13.2 Å². The quantitative estimate of drug-likeness (QED) is 0.769. The summed E-state index contributed by atoms with van der Waals surface area (Å²) in [5.41, 5.74) is 8.28. The van der Waals surface area contributed by atoms with Crippen LogP contribution in [0.2, 0.25) is 0 Å². The van der Waals surface area contributed by atoms with Gasteiger partial charge in [-0.25, -0.2) is 0 Å². The number of allylic oxidation sites excluding steroid dienone is 2. The molecule has 82 valence electrons. The molecule has 0 fully saturated rings. The number of nitrogen functional groups attached to an aromatic ring is 1. The zero-order valence-electron chi connectivity index (χ0n) is 9.23. The molecule has 0 saturated heterocycles. The lowest BCUT2D eigenvalue weighted by Gasteiger charge is -2.29. The Hall–Kier alpha value is -2.16. The third-order valence-electron chi connectivity index (χ3n) is 2.56. The van der Waals surface area contributed by atoms with Crippen molar-refractivity contribution in [2.24, 2.45) is 0 Å². The summed E-state index contributed by atoms with van der Waals surface area (Å²) in [7, 11) is 1.95. The first-order chi connectivity index (χ1) is 7.67. The number of likely N-dealkylation sites (N-methyl/N-ethyl adjacent to an activating group) is 1. The van der Waals surface area contributed by atoms with Crippen molar-refractivity contribution in [1.82, 2.24) is 0 Å². The molecule has 2 rings (SSSR count). The standard InChI is InChI=1S/C13H14N2O/c1-4-10-12(5-2)16-13-7-6-9(14)8-11(13)15(10)3/h4-8H,1-2,14H2,3H3. The minimum Gasteiger partial charge on any atom is -0.453 e. The minimum atomic E-state index is 0.703. The van der Waals surface area contributed by atoms with Crippen LogP contribution in [0.4, 0.5) is 11.4 Å². The first kappa shape index (κ1) is 10.4. The van der Waals surface area contributed by atoms with Crippen LogP contribution in [0.3, 0.4) is 0 Å². The van der Waals surface area contributed by atoms with Crippen molar-refractivity contribution in [1.29, 1.82) is 0 Å². The van der Waals surface area contributed by atoms with E-state index in [1.54, 1.807) is 12.2 Å². The Labute approximate surface area is 95.1 Å². The summed E-state index contributed by atoms with van der Waals surface area (Å²) in [6.07, 6.45) is 3.41. The third kappa shape index (κ3) is 1.46. The van der Waals surface area contributed by atoms with Gasteiger partial charge in [0.25, 0.3) is 0 Å². The summed E-state index contributed by atoms with van der Waals surface area (Å²) in [6, 6.07) is 5.54. The Morgan fingerprint density at radius 3 is 2.69 bits per heavy atom. The Kier molecular flexibility index (Phi) is 2.44. The summed E-state index contributed by atoms with van der Waals surface area (Å²) < 4.78 is 5.70. The van der Waals surface area contributed by atoms with Crippen LogP contribution in [0, 0.1) is 0 Å². The zero-order chi connectivity index (χ0) is 11.7. The van der Waals surface area contributed by atoms with Crippen LogP contribution in [0.1, 0.15) is 0 Å². The maximum Gasteiger partial charge on any atom is 0.151 e. The van der Waals surface area contributed by atoms with Crippen LogP contribution >= 0.6 is 0 Å². The Morgan fingerprint density at radius 2 is 2.06 bits per heavy atom. The van der Waals surface area contributed by atoms with Crippen molar-refractivity contribution in [2.75, 3.05) is 17.7 Å². The Morgan fingerprint density at radius 1 is 1.31 bits per heavy atom. The summed E-state index contributed by atoms with van der Waals surface area (Å²) in [4.78, 5) is 1.99. The second kappa shape index (κ2) is 3.77. The molecule has 3 nitrogen and oxygen atoms in total. The van der Waals surface area contributed by atoms with E-state index in [9.17, 15) is 0 Å². The van der Waals surface area contributed by atoms with Crippen LogP contribution in [0.25, 0.3) is 0 Å². The molecule has 1 aliphatic heterocycles. The molecule has 16 heavy (non-hydrogen) atoms. The van der Waals surface area contributed by atoms with E-state index in [0.29, 0.717) is 11.4 Å². The first-order valence-electron chi connectivity index (χ1n) is 4.97. The molecular formula is C13H14N2O. The molecule has 1 aromatic rings. The lowest BCUT2D eigenvalue weighted by atomic mass is 10.2. The molecular weight excluding hydrogens is 200 g/mol. The molecule has 0 bridgehead atoms. The molecule has 0 amide bonds. The normalized spacial score (nSPS) is 14.2. The van der Waals surface area contributed by atoms with Crippen molar-refractivity contribution >= 4 is 11.4 Å². The number of fused-ring (bicyclic) bond motifs is 1. The van der Waals surface area contributed by atoms with Gasteiger partial charge in [-0.15, -0.1) is 0 Å². The van der Waals surface area contributed by atoms with Crippen molar-refractivity contribution in [3.8, 4) is 5.75 Å². The molecule has 1 heterocycles. The number of ether oxygens (including phenoxy) is 1. The minimum absolute atomic E-state index is 0.703. The maximum atomic E-state index is 5.75. The third-order valence-corrected chi connectivity index (χ3v) is 2.56. The van der Waals surface area contributed by atoms with Crippen molar-refractivity contribution < 1.29 is 4.74 Å². The molecule has 1 aliphatic rings. The number of nitrogens with two attached hydrogens (primary N) is 1. The highest BCUT2D eigenvalue weighted by Gasteiger charge is 2.20. The molecule has 2 N–H and O–H groups in total. The van der Waals surface area contributed by atoms with Gasteiger partial charge in [-0.05, 0) is 30.4 Å². The molecule has 0 radical (unpaired) electrons. The highest BCUT2D eigenvalue weighted by atomic mass is 16.5. The molecule has 1 aromatic carbocycles. The monoisotopic (exact) mass is 214 g/mol. The van der Waals surface area contributed by atoms with Crippen LogP contribution in [0.15, 0.2) is 55.0 Å². The summed E-state index contributed by atoms with van der Waals surface area (Å²) in [5, 5.41) is 0.